The number of rotatable bonds is 3. The van der Waals surface area contributed by atoms with Gasteiger partial charge in [-0.2, -0.15) is 0 Å². The number of carbonyl (C=O) groups is 1. The van der Waals surface area contributed by atoms with Crippen molar-refractivity contribution < 1.29 is 9.90 Å². The molecule has 0 aliphatic carbocycles. The molecule has 0 aliphatic rings. The fourth-order valence-electron chi connectivity index (χ4n) is 1.13. The summed E-state index contributed by atoms with van der Waals surface area (Å²) in [5, 5.41) is 9.66. The van der Waals surface area contributed by atoms with Gasteiger partial charge in [0.2, 0.25) is 0 Å². The van der Waals surface area contributed by atoms with Gasteiger partial charge in [0.05, 0.1) is 10.6 Å². The van der Waals surface area contributed by atoms with E-state index in [2.05, 4.69) is 0 Å². The van der Waals surface area contributed by atoms with Gasteiger partial charge in [-0.1, -0.05) is 25.4 Å². The van der Waals surface area contributed by atoms with E-state index in [-0.39, 0.29) is 10.8 Å². The minimum Gasteiger partial charge on any atom is -0.478 e. The molecule has 82 valence electrons. The second-order valence-electron chi connectivity index (χ2n) is 3.35. The summed E-state index contributed by atoms with van der Waals surface area (Å²) in [5.41, 5.74) is 6.07. The number of aromatic carboxylic acids is 1. The van der Waals surface area contributed by atoms with E-state index < -0.39 is 5.97 Å². The molecule has 3 N–H and O–H groups in total. The Morgan fingerprint density at radius 1 is 1.53 bits per heavy atom. The smallest absolute Gasteiger partial charge is 0.336 e. The molecule has 0 amide bonds. The van der Waals surface area contributed by atoms with Crippen molar-refractivity contribution in [1.82, 2.24) is 0 Å². The molecule has 5 heteroatoms. The molecule has 15 heavy (non-hydrogen) atoms. The third-order valence-electron chi connectivity index (χ3n) is 1.65. The highest BCUT2D eigenvalue weighted by atomic mass is 35.5. The molecule has 1 rings (SSSR count). The zero-order valence-corrected chi connectivity index (χ0v) is 10.0. The summed E-state index contributed by atoms with van der Waals surface area (Å²) in [6, 6.07) is 3.00. The summed E-state index contributed by atoms with van der Waals surface area (Å²) in [6.07, 6.45) is 0. The van der Waals surface area contributed by atoms with Crippen LogP contribution in [-0.4, -0.2) is 16.3 Å². The van der Waals surface area contributed by atoms with Gasteiger partial charge in [-0.3, -0.25) is 0 Å². The van der Waals surface area contributed by atoms with Gasteiger partial charge in [0.25, 0.3) is 0 Å². The predicted octanol–water partition coefficient (Wildman–Crippen LogP) is 3.12. The fraction of sp³-hybridized carbons (Fsp3) is 0.300. The largest absolute Gasteiger partial charge is 0.478 e. The second kappa shape index (κ2) is 4.77. The van der Waals surface area contributed by atoms with E-state index in [9.17, 15) is 4.79 Å². The summed E-state index contributed by atoms with van der Waals surface area (Å²) in [7, 11) is 0. The first kappa shape index (κ1) is 12.2. The summed E-state index contributed by atoms with van der Waals surface area (Å²) < 4.78 is 0. The normalized spacial score (nSPS) is 10.7. The first-order valence-corrected chi connectivity index (χ1v) is 5.66. The van der Waals surface area contributed by atoms with E-state index in [0.29, 0.717) is 15.6 Å². The van der Waals surface area contributed by atoms with Crippen molar-refractivity contribution in [2.24, 2.45) is 0 Å². The maximum Gasteiger partial charge on any atom is 0.336 e. The predicted molar refractivity (Wildman–Crippen MR) is 63.8 cm³/mol. The molecule has 0 aromatic heterocycles. The first-order valence-electron chi connectivity index (χ1n) is 4.40. The minimum absolute atomic E-state index is 0.165. The van der Waals surface area contributed by atoms with Crippen LogP contribution in [0.4, 0.5) is 5.69 Å². The number of nitrogens with two attached hydrogens (primary N) is 1. The van der Waals surface area contributed by atoms with Crippen LogP contribution < -0.4 is 5.73 Å². The molecule has 0 aliphatic heterocycles. The number of hydrogen-bond acceptors (Lipinski definition) is 3. The zero-order valence-electron chi connectivity index (χ0n) is 8.45. The molecule has 0 saturated carbocycles. The molecule has 0 atom stereocenters. The molecule has 0 unspecified atom stereocenters. The van der Waals surface area contributed by atoms with Gasteiger partial charge in [0, 0.05) is 15.8 Å². The van der Waals surface area contributed by atoms with Gasteiger partial charge in [-0.15, -0.1) is 11.8 Å². The standard InChI is InChI=1S/C10H12ClNO2S/c1-5(2)15-9-7(10(13)14)3-6(12)4-8(9)11/h3-5H,12H2,1-2H3,(H,13,14). The Morgan fingerprint density at radius 3 is 2.60 bits per heavy atom. The quantitative estimate of drug-likeness (QED) is 0.634. The summed E-state index contributed by atoms with van der Waals surface area (Å²) >= 11 is 7.38. The number of carboxylic acid groups (broad SMARTS) is 1. The number of halogens is 1. The van der Waals surface area contributed by atoms with Crippen LogP contribution in [0.15, 0.2) is 17.0 Å². The number of benzene rings is 1. The SMILES string of the molecule is CC(C)Sc1c(Cl)cc(N)cc1C(=O)O. The first-order chi connectivity index (χ1) is 6.91. The van der Waals surface area contributed by atoms with Crippen molar-refractivity contribution in [3.8, 4) is 0 Å². The van der Waals surface area contributed by atoms with Crippen LogP contribution in [0.1, 0.15) is 24.2 Å². The summed E-state index contributed by atoms with van der Waals surface area (Å²) in [6.45, 7) is 3.95. The van der Waals surface area contributed by atoms with Gasteiger partial charge < -0.3 is 10.8 Å². The number of carboxylic acids is 1. The van der Waals surface area contributed by atoms with Crippen molar-refractivity contribution in [1.29, 1.82) is 0 Å². The molecular weight excluding hydrogens is 234 g/mol. The van der Waals surface area contributed by atoms with Crippen LogP contribution in [0.3, 0.4) is 0 Å². The van der Waals surface area contributed by atoms with Crippen LogP contribution >= 0.6 is 23.4 Å². The number of thioether (sulfide) groups is 1. The summed E-state index contributed by atoms with van der Waals surface area (Å²) in [4.78, 5) is 11.6. The maximum absolute atomic E-state index is 11.0. The lowest BCUT2D eigenvalue weighted by Crippen LogP contribution is -2.03. The molecule has 1 aromatic rings. The molecule has 1 aromatic carbocycles. The van der Waals surface area contributed by atoms with Crippen molar-refractivity contribution in [3.63, 3.8) is 0 Å². The van der Waals surface area contributed by atoms with Crippen LogP contribution in [0, 0.1) is 0 Å². The monoisotopic (exact) mass is 245 g/mol. The molecule has 0 bridgehead atoms. The van der Waals surface area contributed by atoms with Crippen LogP contribution in [0.5, 0.6) is 0 Å². The lowest BCUT2D eigenvalue weighted by Gasteiger charge is -2.11. The minimum atomic E-state index is -1.01. The van der Waals surface area contributed by atoms with Crippen molar-refractivity contribution >= 4 is 35.0 Å². The van der Waals surface area contributed by atoms with Crippen LogP contribution in [0.2, 0.25) is 5.02 Å². The lowest BCUT2D eigenvalue weighted by atomic mass is 10.2. The van der Waals surface area contributed by atoms with E-state index in [4.69, 9.17) is 22.4 Å². The topological polar surface area (TPSA) is 63.3 Å². The van der Waals surface area contributed by atoms with Crippen molar-refractivity contribution in [2.45, 2.75) is 24.0 Å². The highest BCUT2D eigenvalue weighted by Gasteiger charge is 2.16. The Kier molecular flexibility index (Phi) is 3.88. The Morgan fingerprint density at radius 2 is 2.13 bits per heavy atom. The maximum atomic E-state index is 11.0. The third-order valence-corrected chi connectivity index (χ3v) is 3.21. The third kappa shape index (κ3) is 3.04. The Hall–Kier alpha value is -0.870. The van der Waals surface area contributed by atoms with Crippen molar-refractivity contribution in [2.75, 3.05) is 5.73 Å². The number of nitrogen functional groups attached to an aromatic ring is 1. The van der Waals surface area contributed by atoms with E-state index in [1.807, 2.05) is 13.8 Å². The number of hydrogen-bond donors (Lipinski definition) is 2. The highest BCUT2D eigenvalue weighted by Crippen LogP contribution is 2.35. The van der Waals surface area contributed by atoms with Gasteiger partial charge >= 0.3 is 5.97 Å². The Bertz CT molecular complexity index is 393. The van der Waals surface area contributed by atoms with E-state index in [0.717, 1.165) is 0 Å². The molecule has 3 nitrogen and oxygen atoms in total. The molecule has 0 saturated heterocycles. The van der Waals surface area contributed by atoms with E-state index in [1.54, 1.807) is 6.07 Å². The fourth-order valence-corrected chi connectivity index (χ4v) is 2.41. The molecule has 0 fully saturated rings. The van der Waals surface area contributed by atoms with E-state index in [1.165, 1.54) is 17.8 Å². The summed E-state index contributed by atoms with van der Waals surface area (Å²) in [5.74, 6) is -1.01. The molecule has 0 radical (unpaired) electrons. The highest BCUT2D eigenvalue weighted by molar-refractivity contribution is 8.00. The lowest BCUT2D eigenvalue weighted by molar-refractivity contribution is 0.0693. The van der Waals surface area contributed by atoms with Gasteiger partial charge in [0.1, 0.15) is 0 Å². The van der Waals surface area contributed by atoms with Crippen LogP contribution in [-0.2, 0) is 0 Å². The Labute approximate surface area is 97.6 Å². The number of anilines is 1. The molecular formula is C10H12ClNO2S. The van der Waals surface area contributed by atoms with Crippen molar-refractivity contribution in [3.05, 3.63) is 22.7 Å². The van der Waals surface area contributed by atoms with E-state index >= 15 is 0 Å². The second-order valence-corrected chi connectivity index (χ2v) is 5.35. The molecule has 0 heterocycles. The average Bonchev–Trinajstić information content (AvgIpc) is 2.08. The zero-order chi connectivity index (χ0) is 11.6. The van der Waals surface area contributed by atoms with Gasteiger partial charge in [-0.05, 0) is 12.1 Å². The van der Waals surface area contributed by atoms with Crippen LogP contribution in [0.25, 0.3) is 0 Å². The van der Waals surface area contributed by atoms with Gasteiger partial charge in [-0.25, -0.2) is 4.79 Å². The average molecular weight is 246 g/mol. The Balaban J connectivity index is 3.27. The molecule has 0 spiro atoms. The van der Waals surface area contributed by atoms with Gasteiger partial charge in [0.15, 0.2) is 0 Å².